The lowest BCUT2D eigenvalue weighted by Gasteiger charge is -2.37. The van der Waals surface area contributed by atoms with E-state index in [2.05, 4.69) is 11.8 Å². The maximum absolute atomic E-state index is 13.9. The minimum atomic E-state index is -0.140. The van der Waals surface area contributed by atoms with Crippen molar-refractivity contribution < 1.29 is 4.39 Å². The van der Waals surface area contributed by atoms with Crippen LogP contribution in [0.5, 0.6) is 0 Å². The Labute approximate surface area is 113 Å². The summed E-state index contributed by atoms with van der Waals surface area (Å²) < 4.78 is 13.9. The zero-order chi connectivity index (χ0) is 13.0. The lowest BCUT2D eigenvalue weighted by atomic mass is 10.0. The Morgan fingerprint density at radius 3 is 2.94 bits per heavy atom. The van der Waals surface area contributed by atoms with Crippen LogP contribution in [0.15, 0.2) is 24.3 Å². The van der Waals surface area contributed by atoms with Gasteiger partial charge in [-0.1, -0.05) is 25.1 Å². The minimum absolute atomic E-state index is 0.0150. The Kier molecular flexibility index (Phi) is 5.03. The number of hydrogen-bond donors (Lipinski definition) is 1. The third-order valence-corrected chi connectivity index (χ3v) is 4.93. The van der Waals surface area contributed by atoms with Crippen molar-refractivity contribution in [1.82, 2.24) is 4.90 Å². The maximum Gasteiger partial charge on any atom is 0.128 e. The smallest absolute Gasteiger partial charge is 0.128 e. The Balaban J connectivity index is 2.15. The second-order valence-corrected chi connectivity index (χ2v) is 6.08. The van der Waals surface area contributed by atoms with E-state index < -0.39 is 0 Å². The second kappa shape index (κ2) is 6.55. The highest BCUT2D eigenvalue weighted by atomic mass is 32.2. The van der Waals surface area contributed by atoms with Gasteiger partial charge in [0.25, 0.3) is 0 Å². The van der Waals surface area contributed by atoms with Crippen molar-refractivity contribution in [3.05, 3.63) is 35.6 Å². The van der Waals surface area contributed by atoms with E-state index in [1.54, 1.807) is 6.07 Å². The lowest BCUT2D eigenvalue weighted by Crippen LogP contribution is -2.43. The average molecular weight is 268 g/mol. The van der Waals surface area contributed by atoms with Crippen LogP contribution in [0.3, 0.4) is 0 Å². The fourth-order valence-corrected chi connectivity index (χ4v) is 3.70. The Morgan fingerprint density at radius 2 is 2.28 bits per heavy atom. The number of benzene rings is 1. The average Bonchev–Trinajstić information content (AvgIpc) is 2.42. The highest BCUT2D eigenvalue weighted by Gasteiger charge is 2.27. The van der Waals surface area contributed by atoms with Gasteiger partial charge in [-0.25, -0.2) is 4.39 Å². The number of nitrogens with zero attached hydrogens (tertiary/aromatic N) is 1. The van der Waals surface area contributed by atoms with E-state index in [9.17, 15) is 4.39 Å². The molecule has 1 saturated heterocycles. The molecule has 1 aromatic carbocycles. The number of hydrogen-bond acceptors (Lipinski definition) is 3. The van der Waals surface area contributed by atoms with Gasteiger partial charge in [0.2, 0.25) is 0 Å². The summed E-state index contributed by atoms with van der Waals surface area (Å²) >= 11 is 2.02. The first-order valence-electron chi connectivity index (χ1n) is 6.56. The first-order chi connectivity index (χ1) is 8.76. The van der Waals surface area contributed by atoms with E-state index in [1.165, 1.54) is 6.07 Å². The van der Waals surface area contributed by atoms with Gasteiger partial charge in [0.1, 0.15) is 5.82 Å². The summed E-state index contributed by atoms with van der Waals surface area (Å²) in [6.07, 6.45) is 1.16. The second-order valence-electron chi connectivity index (χ2n) is 4.67. The maximum atomic E-state index is 13.9. The summed E-state index contributed by atoms with van der Waals surface area (Å²) in [4.78, 5) is 2.34. The van der Waals surface area contributed by atoms with Crippen LogP contribution < -0.4 is 5.73 Å². The lowest BCUT2D eigenvalue weighted by molar-refractivity contribution is 0.203. The molecule has 0 aromatic heterocycles. The van der Waals surface area contributed by atoms with Crippen molar-refractivity contribution in [2.24, 2.45) is 5.73 Å². The zero-order valence-electron chi connectivity index (χ0n) is 10.8. The summed E-state index contributed by atoms with van der Waals surface area (Å²) in [5.41, 5.74) is 6.61. The fourth-order valence-electron chi connectivity index (χ4n) is 2.49. The van der Waals surface area contributed by atoms with Crippen LogP contribution in [-0.4, -0.2) is 35.5 Å². The molecule has 2 rings (SSSR count). The van der Waals surface area contributed by atoms with Gasteiger partial charge in [-0.2, -0.15) is 11.8 Å². The molecule has 18 heavy (non-hydrogen) atoms. The molecule has 2 nitrogen and oxygen atoms in total. The quantitative estimate of drug-likeness (QED) is 0.910. The Hall–Kier alpha value is -0.580. The van der Waals surface area contributed by atoms with Crippen LogP contribution >= 0.6 is 11.8 Å². The van der Waals surface area contributed by atoms with Crippen LogP contribution in [0.2, 0.25) is 0 Å². The van der Waals surface area contributed by atoms with Crippen molar-refractivity contribution in [2.45, 2.75) is 24.6 Å². The highest BCUT2D eigenvalue weighted by molar-refractivity contribution is 8.00. The van der Waals surface area contributed by atoms with Gasteiger partial charge >= 0.3 is 0 Å². The van der Waals surface area contributed by atoms with Crippen LogP contribution in [0.4, 0.5) is 4.39 Å². The van der Waals surface area contributed by atoms with E-state index in [0.29, 0.717) is 11.8 Å². The summed E-state index contributed by atoms with van der Waals surface area (Å²) in [6.45, 7) is 4.69. The first kappa shape index (κ1) is 13.8. The van der Waals surface area contributed by atoms with Gasteiger partial charge in [0.05, 0.1) is 0 Å². The predicted molar refractivity (Wildman–Crippen MR) is 76.3 cm³/mol. The normalized spacial score (nSPS) is 22.9. The molecule has 4 heteroatoms. The molecule has 1 heterocycles. The number of rotatable bonds is 4. The SMILES string of the molecule is CCC1CN(C(CN)c2ccccc2F)CCS1. The monoisotopic (exact) mass is 268 g/mol. The molecule has 1 fully saturated rings. The molecule has 0 saturated carbocycles. The van der Waals surface area contributed by atoms with Gasteiger partial charge in [0, 0.05) is 42.2 Å². The molecule has 0 radical (unpaired) electrons. The van der Waals surface area contributed by atoms with Crippen molar-refractivity contribution in [2.75, 3.05) is 25.4 Å². The molecule has 100 valence electrons. The molecule has 0 spiro atoms. The van der Waals surface area contributed by atoms with Crippen LogP contribution in [0.1, 0.15) is 24.9 Å². The molecule has 2 N–H and O–H groups in total. The van der Waals surface area contributed by atoms with Crippen molar-refractivity contribution in [3.8, 4) is 0 Å². The van der Waals surface area contributed by atoms with Gasteiger partial charge in [-0.05, 0) is 12.5 Å². The van der Waals surface area contributed by atoms with Gasteiger partial charge in [0.15, 0.2) is 0 Å². The van der Waals surface area contributed by atoms with E-state index >= 15 is 0 Å². The number of halogens is 1. The number of nitrogens with two attached hydrogens (primary N) is 1. The van der Waals surface area contributed by atoms with Gasteiger partial charge in [-0.3, -0.25) is 4.90 Å². The molecule has 1 aliphatic heterocycles. The van der Waals surface area contributed by atoms with E-state index in [-0.39, 0.29) is 11.9 Å². The molecule has 1 aliphatic rings. The molecule has 2 atom stereocenters. The molecular formula is C14H21FN2S. The third kappa shape index (κ3) is 3.05. The van der Waals surface area contributed by atoms with E-state index in [4.69, 9.17) is 5.73 Å². The van der Waals surface area contributed by atoms with E-state index in [0.717, 1.165) is 30.8 Å². The van der Waals surface area contributed by atoms with Gasteiger partial charge in [-0.15, -0.1) is 0 Å². The standard InChI is InChI=1S/C14H21FN2S/c1-2-11-10-17(7-8-18-11)14(9-16)12-5-3-4-6-13(12)15/h3-6,11,14H,2,7-10,16H2,1H3. The van der Waals surface area contributed by atoms with Gasteiger partial charge < -0.3 is 5.73 Å². The summed E-state index contributed by atoms with van der Waals surface area (Å²) in [5.74, 6) is 0.975. The van der Waals surface area contributed by atoms with E-state index in [1.807, 2.05) is 23.9 Å². The topological polar surface area (TPSA) is 29.3 Å². The van der Waals surface area contributed by atoms with Crippen molar-refractivity contribution in [1.29, 1.82) is 0 Å². The molecule has 0 aliphatic carbocycles. The third-order valence-electron chi connectivity index (χ3n) is 3.55. The predicted octanol–water partition coefficient (Wildman–Crippen LogP) is 2.65. The largest absolute Gasteiger partial charge is 0.329 e. The Morgan fingerprint density at radius 1 is 1.50 bits per heavy atom. The zero-order valence-corrected chi connectivity index (χ0v) is 11.6. The van der Waals surface area contributed by atoms with Crippen molar-refractivity contribution in [3.63, 3.8) is 0 Å². The molecule has 1 aromatic rings. The molecular weight excluding hydrogens is 247 g/mol. The summed E-state index contributed by atoms with van der Waals surface area (Å²) in [6, 6.07) is 7.01. The molecule has 0 amide bonds. The summed E-state index contributed by atoms with van der Waals surface area (Å²) in [5, 5.41) is 0.652. The number of thioether (sulfide) groups is 1. The minimum Gasteiger partial charge on any atom is -0.329 e. The molecule has 2 unspecified atom stereocenters. The highest BCUT2D eigenvalue weighted by Crippen LogP contribution is 2.29. The first-order valence-corrected chi connectivity index (χ1v) is 7.61. The van der Waals surface area contributed by atoms with Crippen LogP contribution in [-0.2, 0) is 0 Å². The Bertz CT molecular complexity index is 386. The summed E-state index contributed by atoms with van der Waals surface area (Å²) in [7, 11) is 0. The van der Waals surface area contributed by atoms with Crippen LogP contribution in [0, 0.1) is 5.82 Å². The molecule has 0 bridgehead atoms. The fraction of sp³-hybridized carbons (Fsp3) is 0.571. The van der Waals surface area contributed by atoms with Crippen molar-refractivity contribution >= 4 is 11.8 Å². The van der Waals surface area contributed by atoms with Crippen LogP contribution in [0.25, 0.3) is 0 Å².